The highest BCUT2D eigenvalue weighted by Crippen LogP contribution is 2.28. The van der Waals surface area contributed by atoms with Crippen molar-refractivity contribution in [1.29, 1.82) is 0 Å². The van der Waals surface area contributed by atoms with Gasteiger partial charge in [0.1, 0.15) is 35.9 Å². The quantitative estimate of drug-likeness (QED) is 0.148. The first-order valence-corrected chi connectivity index (χ1v) is 25.3. The Morgan fingerprint density at radius 3 is 2.14 bits per heavy atom. The Morgan fingerprint density at radius 1 is 0.944 bits per heavy atom. The molecule has 72 heavy (non-hydrogen) atoms. The Balaban J connectivity index is 2.15. The van der Waals surface area contributed by atoms with Gasteiger partial charge in [-0.1, -0.05) is 76.9 Å². The van der Waals surface area contributed by atoms with Gasteiger partial charge in [-0.05, 0) is 83.1 Å². The number of rotatable bonds is 10. The van der Waals surface area contributed by atoms with E-state index in [1.54, 1.807) is 62.9 Å². The molecule has 0 radical (unpaired) electrons. The number of benzene rings is 1. The molecule has 0 bridgehead atoms. The summed E-state index contributed by atoms with van der Waals surface area (Å²) in [6, 6.07) is 3.13. The maximum absolute atomic E-state index is 14.3. The predicted molar refractivity (Wildman–Crippen MR) is 272 cm³/mol. The SMILES string of the molecule is C/C=C(\C)[C@H]1OC(=O)C(C)(C)NC(=O)[C@H](C(C)CC)NC(=O)CN(C)C(=O)[C@@H](Cc2ccc(Cl)cc2)N(C)C(=O)[C@H](C)NC(=O)[C@@H](CC(C)C)OC(=O)/C(C)=C/C[C@H](OC(=O)N2CCN(CCO)CC2)[C@@H]1C. The molecule has 1 fully saturated rings. The monoisotopic (exact) mass is 1030 g/mol. The molecule has 6 amide bonds. The summed E-state index contributed by atoms with van der Waals surface area (Å²) in [5, 5.41) is 18.1. The van der Waals surface area contributed by atoms with Gasteiger partial charge >= 0.3 is 18.0 Å². The number of β-amino-alcohol motifs (C(OH)–C–C–N with tert-alkyl or cyclic N) is 1. The van der Waals surface area contributed by atoms with E-state index in [4.69, 9.17) is 25.8 Å². The van der Waals surface area contributed by atoms with Gasteiger partial charge in [0.15, 0.2) is 6.10 Å². The van der Waals surface area contributed by atoms with E-state index in [9.17, 15) is 43.5 Å². The molecule has 1 aromatic rings. The Hall–Kier alpha value is -5.53. The molecule has 8 atom stereocenters. The first-order valence-electron chi connectivity index (χ1n) is 24.9. The number of nitrogens with one attached hydrogen (secondary N) is 3. The second-order valence-corrected chi connectivity index (χ2v) is 20.5. The lowest BCUT2D eigenvalue weighted by Crippen LogP contribution is -2.60. The van der Waals surface area contributed by atoms with E-state index >= 15 is 0 Å². The van der Waals surface area contributed by atoms with Crippen molar-refractivity contribution in [3.63, 3.8) is 0 Å². The number of allylic oxidation sites excluding steroid dienone is 1. The zero-order valence-corrected chi connectivity index (χ0v) is 45.3. The molecule has 4 N–H and O–H groups in total. The molecule has 3 rings (SSSR count). The van der Waals surface area contributed by atoms with Gasteiger partial charge < -0.3 is 50.0 Å². The summed E-state index contributed by atoms with van der Waals surface area (Å²) in [5.41, 5.74) is -0.332. The summed E-state index contributed by atoms with van der Waals surface area (Å²) < 4.78 is 18.2. The van der Waals surface area contributed by atoms with Crippen LogP contribution in [0.25, 0.3) is 0 Å². The Morgan fingerprint density at radius 2 is 1.57 bits per heavy atom. The van der Waals surface area contributed by atoms with Crippen molar-refractivity contribution >= 4 is 59.2 Å². The molecule has 1 aromatic carbocycles. The lowest BCUT2D eigenvalue weighted by Gasteiger charge is -2.37. The van der Waals surface area contributed by atoms with E-state index in [0.717, 1.165) is 4.90 Å². The average molecular weight is 1030 g/mol. The number of hydrogen-bond donors (Lipinski definition) is 4. The van der Waals surface area contributed by atoms with Gasteiger partial charge in [-0.15, -0.1) is 0 Å². The van der Waals surface area contributed by atoms with Crippen molar-refractivity contribution in [1.82, 2.24) is 35.6 Å². The number of amides is 6. The predicted octanol–water partition coefficient (Wildman–Crippen LogP) is 4.04. The third kappa shape index (κ3) is 17.6. The number of cyclic esters (lactones) is 2. The van der Waals surface area contributed by atoms with Gasteiger partial charge in [-0.25, -0.2) is 14.4 Å². The van der Waals surface area contributed by atoms with E-state index in [1.807, 2.05) is 25.7 Å². The fourth-order valence-corrected chi connectivity index (χ4v) is 8.43. The lowest BCUT2D eigenvalue weighted by atomic mass is 9.90. The number of hydrogen-bond acceptors (Lipinski definition) is 13. The van der Waals surface area contributed by atoms with E-state index < -0.39 is 108 Å². The zero-order chi connectivity index (χ0) is 54.2. The molecule has 19 nitrogen and oxygen atoms in total. The number of nitrogens with zero attached hydrogens (tertiary/aromatic N) is 4. The highest BCUT2D eigenvalue weighted by Gasteiger charge is 2.41. The normalized spacial score (nSPS) is 27.0. The van der Waals surface area contributed by atoms with E-state index in [2.05, 4.69) is 16.0 Å². The highest BCUT2D eigenvalue weighted by molar-refractivity contribution is 6.30. The molecule has 2 aliphatic heterocycles. The Bertz CT molecular complexity index is 2120. The molecular weight excluding hydrogens is 950 g/mol. The second-order valence-electron chi connectivity index (χ2n) is 20.1. The number of esters is 2. The molecule has 1 saturated heterocycles. The Labute approximate surface area is 430 Å². The van der Waals surface area contributed by atoms with Gasteiger partial charge in [0, 0.05) is 76.2 Å². The molecule has 402 valence electrons. The van der Waals surface area contributed by atoms with Gasteiger partial charge in [0.2, 0.25) is 23.6 Å². The van der Waals surface area contributed by atoms with Crippen molar-refractivity contribution in [3.05, 3.63) is 58.1 Å². The number of likely N-dealkylation sites (N-methyl/N-ethyl adjacent to an activating group) is 2. The third-order valence-corrected chi connectivity index (χ3v) is 13.6. The first kappa shape index (κ1) is 60.8. The van der Waals surface area contributed by atoms with Gasteiger partial charge in [-0.3, -0.25) is 28.9 Å². The van der Waals surface area contributed by atoms with Crippen molar-refractivity contribution in [3.8, 4) is 0 Å². The van der Waals surface area contributed by atoms with Gasteiger partial charge in [-0.2, -0.15) is 0 Å². The number of halogens is 1. The average Bonchev–Trinajstić information content (AvgIpc) is 3.33. The fraction of sp³-hybridized carbons (Fsp3) is 0.654. The van der Waals surface area contributed by atoms with Gasteiger partial charge in [0.05, 0.1) is 13.2 Å². The van der Waals surface area contributed by atoms with Crippen LogP contribution in [0.2, 0.25) is 5.02 Å². The van der Waals surface area contributed by atoms with Crippen LogP contribution in [0.5, 0.6) is 0 Å². The van der Waals surface area contributed by atoms with Crippen LogP contribution in [-0.4, -0.2) is 174 Å². The number of aliphatic hydroxyl groups excluding tert-OH is 1. The third-order valence-electron chi connectivity index (χ3n) is 13.4. The number of aliphatic hydroxyl groups is 1. The molecule has 2 aliphatic rings. The number of ether oxygens (including phenoxy) is 3. The summed E-state index contributed by atoms with van der Waals surface area (Å²) in [5.74, 6) is -6.37. The largest absolute Gasteiger partial charge is 0.456 e. The minimum Gasteiger partial charge on any atom is -0.456 e. The highest BCUT2D eigenvalue weighted by atomic mass is 35.5. The molecule has 0 saturated carbocycles. The van der Waals surface area contributed by atoms with Crippen LogP contribution in [0.4, 0.5) is 4.79 Å². The summed E-state index contributed by atoms with van der Waals surface area (Å²) in [7, 11) is 2.80. The van der Waals surface area contributed by atoms with Crippen LogP contribution < -0.4 is 16.0 Å². The smallest absolute Gasteiger partial charge is 0.410 e. The van der Waals surface area contributed by atoms with E-state index in [0.29, 0.717) is 55.3 Å². The van der Waals surface area contributed by atoms with Gasteiger partial charge in [0.25, 0.3) is 5.91 Å². The van der Waals surface area contributed by atoms with Crippen molar-refractivity contribution in [2.24, 2.45) is 17.8 Å². The molecule has 0 spiro atoms. The topological polar surface area (TPSA) is 234 Å². The second kappa shape index (κ2) is 28.1. The number of carbonyl (C=O) groups excluding carboxylic acids is 8. The van der Waals surface area contributed by atoms with Crippen LogP contribution in [0.3, 0.4) is 0 Å². The lowest BCUT2D eigenvalue weighted by molar-refractivity contribution is -0.160. The van der Waals surface area contributed by atoms with Crippen molar-refractivity contribution in [2.45, 2.75) is 144 Å². The van der Waals surface area contributed by atoms with E-state index in [1.165, 1.54) is 52.8 Å². The van der Waals surface area contributed by atoms with E-state index in [-0.39, 0.29) is 37.4 Å². The molecule has 2 heterocycles. The molecule has 1 unspecified atom stereocenters. The number of piperazine rings is 1. The summed E-state index contributed by atoms with van der Waals surface area (Å²) in [6.45, 7) is 20.0. The first-order chi connectivity index (χ1) is 33.7. The zero-order valence-electron chi connectivity index (χ0n) is 44.5. The fourth-order valence-electron chi connectivity index (χ4n) is 8.31. The van der Waals surface area contributed by atoms with Crippen LogP contribution >= 0.6 is 11.6 Å². The maximum Gasteiger partial charge on any atom is 0.410 e. The molecule has 0 aromatic heterocycles. The summed E-state index contributed by atoms with van der Waals surface area (Å²) >= 11 is 6.16. The summed E-state index contributed by atoms with van der Waals surface area (Å²) in [6.07, 6.45) is -0.211. The van der Waals surface area contributed by atoms with Crippen molar-refractivity contribution < 1.29 is 57.7 Å². The standard InChI is InChI=1S/C52H80ClN7O12/c1-14-32(5)43-46(64)56-52(10,11)50(68)72-44(33(6)15-2)35(8)40(71-51(69)60-24-22-59(23-25-60)26-27-61)21-16-34(7)49(67)70-41(28-31(3)4)45(63)54-36(9)47(65)58(13)39(29-37-17-19-38(53)20-18-37)48(66)57(12)30-42(62)55-43/h15-20,31-32,35-36,39-41,43-44,61H,14,21-30H2,1-13H3,(H,54,63)(H,55,62)(H,56,64)/b33-15+,34-16+/t32?,35-,36-,39+,40-,41+,43-,44+/m0/s1. The molecule has 0 aliphatic carbocycles. The van der Waals surface area contributed by atoms with Crippen molar-refractivity contribution in [2.75, 3.05) is 60.0 Å². The minimum atomic E-state index is -1.67. The van der Waals surface area contributed by atoms with Crippen LogP contribution in [0, 0.1) is 17.8 Å². The Kier molecular flexibility index (Phi) is 23.7. The molecule has 20 heteroatoms. The van der Waals surface area contributed by atoms with Crippen LogP contribution in [-0.2, 0) is 54.2 Å². The number of carbonyl (C=O) groups is 8. The summed E-state index contributed by atoms with van der Waals surface area (Å²) in [4.78, 5) is 118. The maximum atomic E-state index is 14.3. The molecular formula is C52H80ClN7O12. The minimum absolute atomic E-state index is 0.00281. The van der Waals surface area contributed by atoms with Crippen LogP contribution in [0.1, 0.15) is 101 Å². The van der Waals surface area contributed by atoms with Crippen LogP contribution in [0.15, 0.2) is 47.6 Å².